The van der Waals surface area contributed by atoms with Gasteiger partial charge in [0.2, 0.25) is 0 Å². The third kappa shape index (κ3) is 2.59. The molecule has 1 saturated carbocycles. The zero-order valence-electron chi connectivity index (χ0n) is 7.72. The van der Waals surface area contributed by atoms with Gasteiger partial charge in [0.1, 0.15) is 5.75 Å². The van der Waals surface area contributed by atoms with Crippen LogP contribution in [0.2, 0.25) is 0 Å². The van der Waals surface area contributed by atoms with E-state index >= 15 is 0 Å². The first-order chi connectivity index (χ1) is 6.25. The molecule has 0 heterocycles. The quantitative estimate of drug-likeness (QED) is 0.775. The van der Waals surface area contributed by atoms with Crippen LogP contribution in [0.5, 0.6) is 5.75 Å². The number of hydrogen-bond donors (Lipinski definition) is 0. The van der Waals surface area contributed by atoms with Crippen LogP contribution in [-0.2, 0) is 0 Å². The van der Waals surface area contributed by atoms with E-state index in [1.165, 1.54) is 22.0 Å². The van der Waals surface area contributed by atoms with Crippen molar-refractivity contribution in [2.24, 2.45) is 5.92 Å². The summed E-state index contributed by atoms with van der Waals surface area (Å²) in [5, 5.41) is 0. The lowest BCUT2D eigenvalue weighted by Crippen LogP contribution is -2.00. The number of aryl methyl sites for hydroxylation is 1. The summed E-state index contributed by atoms with van der Waals surface area (Å²) in [7, 11) is 0. The summed E-state index contributed by atoms with van der Waals surface area (Å²) in [6.07, 6.45) is 2.70. The second-order valence-corrected chi connectivity index (χ2v) is 4.91. The molecule has 1 nitrogen and oxygen atoms in total. The Hall–Kier alpha value is -0.250. The predicted molar refractivity (Wildman–Crippen MR) is 62.1 cm³/mol. The molecule has 2 rings (SSSR count). The van der Waals surface area contributed by atoms with Crippen LogP contribution in [0, 0.1) is 16.4 Å². The Kier molecular flexibility index (Phi) is 2.77. The minimum Gasteiger partial charge on any atom is -0.493 e. The first-order valence-electron chi connectivity index (χ1n) is 4.64. The lowest BCUT2D eigenvalue weighted by Gasteiger charge is -2.08. The summed E-state index contributed by atoms with van der Waals surface area (Å²) in [4.78, 5) is 0. The highest BCUT2D eigenvalue weighted by Crippen LogP contribution is 2.30. The van der Waals surface area contributed by atoms with E-state index in [-0.39, 0.29) is 0 Å². The molecule has 0 bridgehead atoms. The summed E-state index contributed by atoms with van der Waals surface area (Å²) in [5.74, 6) is 1.89. The van der Waals surface area contributed by atoms with Crippen LogP contribution >= 0.6 is 22.6 Å². The minimum atomic E-state index is 0.831. The van der Waals surface area contributed by atoms with E-state index < -0.39 is 0 Å². The Morgan fingerprint density at radius 2 is 2.23 bits per heavy atom. The maximum atomic E-state index is 5.74. The maximum Gasteiger partial charge on any atom is 0.123 e. The van der Waals surface area contributed by atoms with Gasteiger partial charge in [0.25, 0.3) is 0 Å². The second kappa shape index (κ2) is 3.86. The molecule has 0 saturated heterocycles. The van der Waals surface area contributed by atoms with Crippen LogP contribution in [-0.4, -0.2) is 6.61 Å². The molecule has 0 spiro atoms. The van der Waals surface area contributed by atoms with E-state index in [4.69, 9.17) is 4.74 Å². The van der Waals surface area contributed by atoms with E-state index in [9.17, 15) is 0 Å². The minimum absolute atomic E-state index is 0.831. The lowest BCUT2D eigenvalue weighted by molar-refractivity contribution is 0.297. The molecule has 1 aromatic carbocycles. The number of benzene rings is 1. The van der Waals surface area contributed by atoms with Crippen LogP contribution < -0.4 is 4.74 Å². The summed E-state index contributed by atoms with van der Waals surface area (Å²) in [6.45, 7) is 3.00. The number of halogens is 1. The molecule has 1 aliphatic carbocycles. The van der Waals surface area contributed by atoms with Crippen molar-refractivity contribution in [3.8, 4) is 5.75 Å². The molecule has 0 atom stereocenters. The molecule has 0 aromatic heterocycles. The number of rotatable bonds is 3. The van der Waals surface area contributed by atoms with Crippen molar-refractivity contribution in [1.29, 1.82) is 0 Å². The molecule has 0 aliphatic heterocycles. The van der Waals surface area contributed by atoms with Crippen LogP contribution in [0.4, 0.5) is 0 Å². The van der Waals surface area contributed by atoms with E-state index in [0.29, 0.717) is 0 Å². The normalized spacial score (nSPS) is 15.8. The van der Waals surface area contributed by atoms with Gasteiger partial charge in [0.15, 0.2) is 0 Å². The lowest BCUT2D eigenvalue weighted by atomic mass is 10.2. The fraction of sp³-hybridized carbons (Fsp3) is 0.455. The molecular weight excluding hydrogens is 275 g/mol. The fourth-order valence-corrected chi connectivity index (χ4v) is 1.68. The summed E-state index contributed by atoms with van der Waals surface area (Å²) < 4.78 is 6.98. The second-order valence-electron chi connectivity index (χ2n) is 3.66. The molecule has 0 unspecified atom stereocenters. The molecule has 13 heavy (non-hydrogen) atoms. The zero-order valence-corrected chi connectivity index (χ0v) is 9.87. The van der Waals surface area contributed by atoms with Crippen molar-refractivity contribution >= 4 is 22.6 Å². The van der Waals surface area contributed by atoms with Gasteiger partial charge in [-0.15, -0.1) is 0 Å². The van der Waals surface area contributed by atoms with Crippen molar-refractivity contribution in [1.82, 2.24) is 0 Å². The van der Waals surface area contributed by atoms with E-state index in [1.807, 2.05) is 0 Å². The van der Waals surface area contributed by atoms with Crippen molar-refractivity contribution in [2.75, 3.05) is 6.61 Å². The molecule has 1 aromatic rings. The van der Waals surface area contributed by atoms with E-state index in [2.05, 4.69) is 47.7 Å². The average Bonchev–Trinajstić information content (AvgIpc) is 2.90. The fourth-order valence-electron chi connectivity index (χ4n) is 1.22. The Labute approximate surface area is 92.6 Å². The highest BCUT2D eigenvalue weighted by molar-refractivity contribution is 14.1. The molecular formula is C11H13IO. The van der Waals surface area contributed by atoms with Crippen molar-refractivity contribution in [3.05, 3.63) is 27.3 Å². The van der Waals surface area contributed by atoms with Gasteiger partial charge in [0.05, 0.1) is 6.61 Å². The summed E-state index contributed by atoms with van der Waals surface area (Å²) >= 11 is 2.31. The van der Waals surface area contributed by atoms with Crippen molar-refractivity contribution < 1.29 is 4.74 Å². The van der Waals surface area contributed by atoms with Crippen LogP contribution in [0.25, 0.3) is 0 Å². The molecule has 70 valence electrons. The summed E-state index contributed by atoms with van der Waals surface area (Å²) in [5.41, 5.74) is 1.24. The molecule has 0 radical (unpaired) electrons. The van der Waals surface area contributed by atoms with Gasteiger partial charge in [-0.2, -0.15) is 0 Å². The monoisotopic (exact) mass is 288 g/mol. The zero-order chi connectivity index (χ0) is 9.26. The summed E-state index contributed by atoms with van der Waals surface area (Å²) in [6, 6.07) is 6.34. The Balaban J connectivity index is 2.03. The molecule has 1 fully saturated rings. The SMILES string of the molecule is Cc1ccc(I)cc1OCC1CC1. The van der Waals surface area contributed by atoms with Crippen LogP contribution in [0.15, 0.2) is 18.2 Å². The topological polar surface area (TPSA) is 9.23 Å². The first-order valence-corrected chi connectivity index (χ1v) is 5.72. The molecule has 0 N–H and O–H groups in total. The smallest absolute Gasteiger partial charge is 0.123 e. The highest BCUT2D eigenvalue weighted by Gasteiger charge is 2.22. The average molecular weight is 288 g/mol. The number of hydrogen-bond acceptors (Lipinski definition) is 1. The Morgan fingerprint density at radius 3 is 2.92 bits per heavy atom. The van der Waals surface area contributed by atoms with Crippen molar-refractivity contribution in [2.45, 2.75) is 19.8 Å². The third-order valence-electron chi connectivity index (χ3n) is 2.32. The highest BCUT2D eigenvalue weighted by atomic mass is 127. The Bertz CT molecular complexity index is 305. The van der Waals surface area contributed by atoms with Gasteiger partial charge >= 0.3 is 0 Å². The van der Waals surface area contributed by atoms with Gasteiger partial charge in [-0.25, -0.2) is 0 Å². The van der Waals surface area contributed by atoms with E-state index in [0.717, 1.165) is 18.3 Å². The van der Waals surface area contributed by atoms with E-state index in [1.54, 1.807) is 0 Å². The largest absolute Gasteiger partial charge is 0.493 e. The van der Waals surface area contributed by atoms with Gasteiger partial charge in [0, 0.05) is 3.57 Å². The van der Waals surface area contributed by atoms with Crippen LogP contribution in [0.1, 0.15) is 18.4 Å². The first kappa shape index (κ1) is 9.31. The molecule has 1 aliphatic rings. The Morgan fingerprint density at radius 1 is 1.46 bits per heavy atom. The number of ether oxygens (including phenoxy) is 1. The van der Waals surface area contributed by atoms with Gasteiger partial charge in [-0.05, 0) is 66.0 Å². The third-order valence-corrected chi connectivity index (χ3v) is 2.99. The standard InChI is InChI=1S/C11H13IO/c1-8-2-5-10(12)6-11(8)13-7-9-3-4-9/h2,5-6,9H,3-4,7H2,1H3. The molecule has 0 amide bonds. The van der Waals surface area contributed by atoms with Crippen molar-refractivity contribution in [3.63, 3.8) is 0 Å². The van der Waals surface area contributed by atoms with Crippen LogP contribution in [0.3, 0.4) is 0 Å². The van der Waals surface area contributed by atoms with Gasteiger partial charge in [-0.1, -0.05) is 6.07 Å². The predicted octanol–water partition coefficient (Wildman–Crippen LogP) is 3.39. The molecule has 2 heteroatoms. The maximum absolute atomic E-state index is 5.74. The van der Waals surface area contributed by atoms with Gasteiger partial charge < -0.3 is 4.74 Å². The van der Waals surface area contributed by atoms with Gasteiger partial charge in [-0.3, -0.25) is 0 Å².